The third kappa shape index (κ3) is 2.99. The number of rotatable bonds is 3. The van der Waals surface area contributed by atoms with Crippen molar-refractivity contribution in [3.8, 4) is 0 Å². The highest BCUT2D eigenvalue weighted by atomic mass is 32.2. The normalized spacial score (nSPS) is 12.7. The Labute approximate surface area is 150 Å². The van der Waals surface area contributed by atoms with Crippen LogP contribution < -0.4 is 4.72 Å². The number of alkyl halides is 3. The topological polar surface area (TPSA) is 92.1 Å². The van der Waals surface area contributed by atoms with Crippen LogP contribution >= 0.6 is 0 Å². The van der Waals surface area contributed by atoms with Crippen molar-refractivity contribution in [1.82, 2.24) is 19.6 Å². The van der Waals surface area contributed by atoms with Gasteiger partial charge in [-0.25, -0.2) is 17.9 Å². The zero-order valence-electron chi connectivity index (χ0n) is 13.7. The van der Waals surface area contributed by atoms with Gasteiger partial charge in [-0.1, -0.05) is 6.07 Å². The Kier molecular flexibility index (Phi) is 3.67. The van der Waals surface area contributed by atoms with Crippen LogP contribution in [0.15, 0.2) is 47.6 Å². The van der Waals surface area contributed by atoms with E-state index in [1.807, 2.05) is 0 Å². The molecule has 0 amide bonds. The van der Waals surface area contributed by atoms with Crippen LogP contribution in [-0.2, 0) is 16.2 Å². The minimum absolute atomic E-state index is 0.0710. The molecule has 140 valence electrons. The quantitative estimate of drug-likeness (QED) is 0.557. The molecule has 27 heavy (non-hydrogen) atoms. The summed E-state index contributed by atoms with van der Waals surface area (Å²) >= 11 is 0. The van der Waals surface area contributed by atoms with Crippen LogP contribution in [0.4, 0.5) is 18.9 Å². The van der Waals surface area contributed by atoms with E-state index in [-0.39, 0.29) is 21.5 Å². The summed E-state index contributed by atoms with van der Waals surface area (Å²) in [6.07, 6.45) is -1.74. The number of anilines is 1. The Morgan fingerprint density at radius 1 is 1.22 bits per heavy atom. The van der Waals surface area contributed by atoms with Crippen LogP contribution in [0, 0.1) is 6.92 Å². The minimum atomic E-state index is -4.52. The van der Waals surface area contributed by atoms with Gasteiger partial charge in [-0.2, -0.15) is 18.3 Å². The molecular formula is C16H12F3N5O2S. The first-order valence-electron chi connectivity index (χ1n) is 7.68. The lowest BCUT2D eigenvalue weighted by Crippen LogP contribution is -2.13. The van der Waals surface area contributed by atoms with E-state index in [4.69, 9.17) is 0 Å². The second kappa shape index (κ2) is 5.71. The molecule has 0 aliphatic carbocycles. The summed E-state index contributed by atoms with van der Waals surface area (Å²) in [6.45, 7) is 1.67. The Morgan fingerprint density at radius 3 is 2.74 bits per heavy atom. The van der Waals surface area contributed by atoms with Gasteiger partial charge in [0.15, 0.2) is 5.65 Å². The first kappa shape index (κ1) is 17.3. The Bertz CT molecular complexity index is 1270. The summed E-state index contributed by atoms with van der Waals surface area (Å²) in [7, 11) is -4.07. The number of benzene rings is 1. The van der Waals surface area contributed by atoms with Crippen LogP contribution in [0.5, 0.6) is 0 Å². The standard InChI is InChI=1S/C16H12F3N5O2S/c1-9-21-15-12(3-2-6-24(15)22-9)23-27(25,26)14-8-20-13-7-10(16(17,18)19)4-5-11(13)14/h2-8,20,23H,1H3. The van der Waals surface area contributed by atoms with E-state index < -0.39 is 21.8 Å². The summed E-state index contributed by atoms with van der Waals surface area (Å²) in [6, 6.07) is 5.97. The molecule has 1 aromatic carbocycles. The number of sulfonamides is 1. The predicted molar refractivity (Wildman–Crippen MR) is 91.8 cm³/mol. The smallest absolute Gasteiger partial charge is 0.360 e. The average molecular weight is 395 g/mol. The summed E-state index contributed by atoms with van der Waals surface area (Å²) in [5, 5.41) is 4.26. The number of hydrogen-bond acceptors (Lipinski definition) is 4. The highest BCUT2D eigenvalue weighted by Gasteiger charge is 2.31. The number of nitrogens with zero attached hydrogens (tertiary/aromatic N) is 3. The van der Waals surface area contributed by atoms with E-state index in [2.05, 4.69) is 19.8 Å². The van der Waals surface area contributed by atoms with E-state index in [9.17, 15) is 21.6 Å². The molecule has 0 unspecified atom stereocenters. The van der Waals surface area contributed by atoms with E-state index in [1.165, 1.54) is 10.6 Å². The van der Waals surface area contributed by atoms with Crippen molar-refractivity contribution in [2.24, 2.45) is 0 Å². The van der Waals surface area contributed by atoms with Gasteiger partial charge in [0, 0.05) is 23.3 Å². The van der Waals surface area contributed by atoms with E-state index in [0.29, 0.717) is 11.5 Å². The summed E-state index contributed by atoms with van der Waals surface area (Å²) in [4.78, 5) is 6.59. The average Bonchev–Trinajstić information content (AvgIpc) is 3.16. The highest BCUT2D eigenvalue weighted by Crippen LogP contribution is 2.33. The van der Waals surface area contributed by atoms with Gasteiger partial charge >= 0.3 is 6.18 Å². The number of fused-ring (bicyclic) bond motifs is 2. The number of aryl methyl sites for hydroxylation is 1. The maximum Gasteiger partial charge on any atom is 0.416 e. The van der Waals surface area contributed by atoms with Gasteiger partial charge in [0.2, 0.25) is 0 Å². The van der Waals surface area contributed by atoms with Crippen LogP contribution in [-0.4, -0.2) is 28.0 Å². The zero-order valence-corrected chi connectivity index (χ0v) is 14.6. The first-order valence-corrected chi connectivity index (χ1v) is 9.17. The fourth-order valence-corrected chi connectivity index (χ4v) is 4.03. The molecule has 2 N–H and O–H groups in total. The fraction of sp³-hybridized carbons (Fsp3) is 0.125. The monoisotopic (exact) mass is 395 g/mol. The Balaban J connectivity index is 1.78. The molecule has 3 aromatic heterocycles. The number of aromatic amines is 1. The minimum Gasteiger partial charge on any atom is -0.360 e. The van der Waals surface area contributed by atoms with E-state index >= 15 is 0 Å². The summed E-state index contributed by atoms with van der Waals surface area (Å²) < 4.78 is 67.9. The van der Waals surface area contributed by atoms with Gasteiger partial charge in [-0.3, -0.25) is 4.72 Å². The van der Waals surface area contributed by atoms with Crippen LogP contribution in [0.25, 0.3) is 16.6 Å². The molecule has 11 heteroatoms. The summed E-state index contributed by atoms with van der Waals surface area (Å²) in [5.74, 6) is 0.466. The van der Waals surface area contributed by atoms with Crippen molar-refractivity contribution in [3.05, 3.63) is 54.1 Å². The lowest BCUT2D eigenvalue weighted by Gasteiger charge is -2.09. The van der Waals surface area contributed by atoms with Gasteiger partial charge < -0.3 is 4.98 Å². The van der Waals surface area contributed by atoms with Crippen LogP contribution in [0.3, 0.4) is 0 Å². The van der Waals surface area contributed by atoms with Crippen LogP contribution in [0.1, 0.15) is 11.4 Å². The third-order valence-corrected chi connectivity index (χ3v) is 5.38. The Hall–Kier alpha value is -3.08. The second-order valence-electron chi connectivity index (χ2n) is 5.87. The number of hydrogen-bond donors (Lipinski definition) is 2. The molecule has 0 aliphatic heterocycles. The molecule has 0 saturated heterocycles. The number of H-pyrrole nitrogens is 1. The number of aromatic nitrogens is 4. The molecule has 0 radical (unpaired) electrons. The van der Waals surface area contributed by atoms with Gasteiger partial charge in [0.05, 0.1) is 11.3 Å². The molecule has 0 bridgehead atoms. The van der Waals surface area contributed by atoms with Gasteiger partial charge in [0.1, 0.15) is 10.7 Å². The van der Waals surface area contributed by atoms with Crippen LogP contribution in [0.2, 0.25) is 0 Å². The molecule has 0 saturated carbocycles. The van der Waals surface area contributed by atoms with Crippen molar-refractivity contribution in [1.29, 1.82) is 0 Å². The number of nitrogens with one attached hydrogen (secondary N) is 2. The third-order valence-electron chi connectivity index (χ3n) is 3.97. The largest absolute Gasteiger partial charge is 0.416 e. The molecule has 4 aromatic rings. The number of pyridine rings is 1. The Morgan fingerprint density at radius 2 is 2.00 bits per heavy atom. The molecular weight excluding hydrogens is 383 g/mol. The molecule has 0 aliphatic rings. The summed E-state index contributed by atoms with van der Waals surface area (Å²) in [5.41, 5.74) is -0.267. The first-order chi connectivity index (χ1) is 12.6. The van der Waals surface area contributed by atoms with Gasteiger partial charge in [-0.05, 0) is 31.2 Å². The van der Waals surface area contributed by atoms with Crippen molar-refractivity contribution in [3.63, 3.8) is 0 Å². The fourth-order valence-electron chi connectivity index (χ4n) is 2.79. The molecule has 0 fully saturated rings. The lowest BCUT2D eigenvalue weighted by molar-refractivity contribution is -0.137. The lowest BCUT2D eigenvalue weighted by atomic mass is 10.1. The maximum atomic E-state index is 12.8. The van der Waals surface area contributed by atoms with E-state index in [1.54, 1.807) is 19.2 Å². The maximum absolute atomic E-state index is 12.8. The SMILES string of the molecule is Cc1nc2c(NS(=O)(=O)c3c[nH]c4cc(C(F)(F)F)ccc34)cccn2n1. The van der Waals surface area contributed by atoms with Gasteiger partial charge in [0.25, 0.3) is 10.0 Å². The zero-order chi connectivity index (χ0) is 19.4. The van der Waals surface area contributed by atoms with Crippen molar-refractivity contribution >= 4 is 32.3 Å². The van der Waals surface area contributed by atoms with Crippen molar-refractivity contribution in [2.45, 2.75) is 18.0 Å². The second-order valence-corrected chi connectivity index (χ2v) is 7.52. The molecule has 7 nitrogen and oxygen atoms in total. The number of halogens is 3. The molecule has 3 heterocycles. The van der Waals surface area contributed by atoms with Gasteiger partial charge in [-0.15, -0.1) is 0 Å². The van der Waals surface area contributed by atoms with Crippen molar-refractivity contribution < 1.29 is 21.6 Å². The highest BCUT2D eigenvalue weighted by molar-refractivity contribution is 7.93. The predicted octanol–water partition coefficient (Wildman–Crippen LogP) is 3.34. The molecule has 0 atom stereocenters. The van der Waals surface area contributed by atoms with Crippen molar-refractivity contribution in [2.75, 3.05) is 4.72 Å². The molecule has 0 spiro atoms. The van der Waals surface area contributed by atoms with E-state index in [0.717, 1.165) is 24.4 Å². The molecule has 4 rings (SSSR count).